The van der Waals surface area contributed by atoms with Crippen LogP contribution in [0.5, 0.6) is 0 Å². The van der Waals surface area contributed by atoms with E-state index in [1.165, 1.54) is 347 Å². The topological polar surface area (TPSA) is 108 Å². The Morgan fingerprint density at radius 2 is 0.588 bits per heavy atom. The first kappa shape index (κ1) is 94.2. The van der Waals surface area contributed by atoms with E-state index in [0.717, 1.165) is 64.2 Å². The largest absolute Gasteiger partial charge is 0.477 e. The van der Waals surface area contributed by atoms with Gasteiger partial charge in [-0.3, -0.25) is 9.59 Å². The second kappa shape index (κ2) is 79.0. The fraction of sp³-hybridized carbons (Fsp3) is 0.875. The molecule has 97 heavy (non-hydrogen) atoms. The molecular formula is C88H166NO8+. The van der Waals surface area contributed by atoms with Gasteiger partial charge in [0.05, 0.1) is 34.4 Å². The van der Waals surface area contributed by atoms with Crippen LogP contribution in [0.1, 0.15) is 438 Å². The molecule has 0 saturated heterocycles. The second-order valence-electron chi connectivity index (χ2n) is 30.5. The minimum Gasteiger partial charge on any atom is -0.477 e. The highest BCUT2D eigenvalue weighted by molar-refractivity contribution is 5.71. The summed E-state index contributed by atoms with van der Waals surface area (Å²) >= 11 is 0. The minimum absolute atomic E-state index is 0.175. The van der Waals surface area contributed by atoms with E-state index in [1.54, 1.807) is 0 Å². The van der Waals surface area contributed by atoms with E-state index >= 15 is 0 Å². The van der Waals surface area contributed by atoms with Crippen LogP contribution in [0.3, 0.4) is 0 Å². The maximum atomic E-state index is 13.0. The highest BCUT2D eigenvalue weighted by atomic mass is 16.7. The molecule has 0 aromatic carbocycles. The quantitative estimate of drug-likeness (QED) is 0.0211. The Kier molecular flexibility index (Phi) is 76.7. The molecule has 0 amide bonds. The lowest BCUT2D eigenvalue weighted by Gasteiger charge is -2.25. The summed E-state index contributed by atoms with van der Waals surface area (Å²) in [6.45, 7) is 4.85. The predicted octanol–water partition coefficient (Wildman–Crippen LogP) is 27.6. The number of hydrogen-bond acceptors (Lipinski definition) is 7. The number of ether oxygens (including phenoxy) is 4. The molecule has 1 N–H and O–H groups in total. The van der Waals surface area contributed by atoms with Crippen LogP contribution in [0, 0.1) is 0 Å². The zero-order valence-electron chi connectivity index (χ0n) is 65.5. The van der Waals surface area contributed by atoms with Gasteiger partial charge in [-0.2, -0.15) is 0 Å². The summed E-state index contributed by atoms with van der Waals surface area (Å²) in [5.74, 6) is -1.97. The number of rotatable bonds is 81. The monoisotopic (exact) mass is 1370 g/mol. The molecule has 0 spiro atoms. The van der Waals surface area contributed by atoms with Gasteiger partial charge in [0.2, 0.25) is 0 Å². The van der Waals surface area contributed by atoms with Gasteiger partial charge in [-0.1, -0.05) is 422 Å². The lowest BCUT2D eigenvalue weighted by Crippen LogP contribution is -2.40. The van der Waals surface area contributed by atoms with Crippen molar-refractivity contribution in [1.82, 2.24) is 0 Å². The molecule has 9 nitrogen and oxygen atoms in total. The van der Waals surface area contributed by atoms with Gasteiger partial charge < -0.3 is 28.5 Å². The molecule has 0 aliphatic rings. The number of carboxylic acid groups (broad SMARTS) is 1. The van der Waals surface area contributed by atoms with Crippen LogP contribution in [0.15, 0.2) is 48.6 Å². The van der Waals surface area contributed by atoms with Crippen LogP contribution in [-0.4, -0.2) is 87.4 Å². The Labute approximate surface area is 603 Å². The number of likely N-dealkylation sites (N-methyl/N-ethyl adjacent to an activating group) is 1. The fourth-order valence-corrected chi connectivity index (χ4v) is 13.1. The van der Waals surface area contributed by atoms with Crippen molar-refractivity contribution in [2.45, 2.75) is 450 Å². The highest BCUT2D eigenvalue weighted by Gasteiger charge is 2.25. The molecule has 2 unspecified atom stereocenters. The van der Waals surface area contributed by atoms with Crippen LogP contribution < -0.4 is 0 Å². The van der Waals surface area contributed by atoms with Gasteiger partial charge in [-0.05, 0) is 51.4 Å². The Hall–Kier alpha value is -2.75. The van der Waals surface area contributed by atoms with Crippen molar-refractivity contribution >= 4 is 17.9 Å². The third kappa shape index (κ3) is 80.4. The Balaban J connectivity index is 3.92. The summed E-state index contributed by atoms with van der Waals surface area (Å²) in [5.41, 5.74) is 0. The van der Waals surface area contributed by atoms with E-state index in [4.69, 9.17) is 18.9 Å². The van der Waals surface area contributed by atoms with E-state index in [2.05, 4.69) is 62.5 Å². The van der Waals surface area contributed by atoms with Gasteiger partial charge in [0.25, 0.3) is 6.29 Å². The Morgan fingerprint density at radius 1 is 0.320 bits per heavy atom. The molecule has 570 valence electrons. The van der Waals surface area contributed by atoms with Crippen LogP contribution in [0.2, 0.25) is 0 Å². The first-order valence-corrected chi connectivity index (χ1v) is 42.8. The van der Waals surface area contributed by atoms with E-state index < -0.39 is 18.4 Å². The van der Waals surface area contributed by atoms with Crippen molar-refractivity contribution in [2.24, 2.45) is 0 Å². The number of esters is 2. The van der Waals surface area contributed by atoms with E-state index in [0.29, 0.717) is 17.4 Å². The van der Waals surface area contributed by atoms with Gasteiger partial charge in [-0.25, -0.2) is 4.79 Å². The van der Waals surface area contributed by atoms with Crippen molar-refractivity contribution < 1.29 is 42.9 Å². The molecule has 0 rings (SSSR count). The summed E-state index contributed by atoms with van der Waals surface area (Å²) < 4.78 is 23.1. The molecule has 0 fully saturated rings. The number of hydrogen-bond donors (Lipinski definition) is 1. The van der Waals surface area contributed by atoms with E-state index in [-0.39, 0.29) is 38.2 Å². The molecule has 0 aliphatic carbocycles. The SMILES string of the molecule is CC/C=C\C/C=C\C/C=C\C/C=C\CCCCCCCCCCCCCCCCCCCCCCCCCCC(=O)OC(COC(=O)CCCCCCCCCCCCCCCCCCCCCCCCCCCCCCCCCCCCC)COC(OCC[N+](C)(C)C)C(=O)O. The Morgan fingerprint density at radius 3 is 0.876 bits per heavy atom. The van der Waals surface area contributed by atoms with Gasteiger partial charge in [0.1, 0.15) is 13.2 Å². The van der Waals surface area contributed by atoms with Crippen molar-refractivity contribution in [1.29, 1.82) is 0 Å². The third-order valence-corrected chi connectivity index (χ3v) is 19.6. The molecule has 0 saturated carbocycles. The molecule has 0 aromatic heterocycles. The highest BCUT2D eigenvalue weighted by Crippen LogP contribution is 2.21. The van der Waals surface area contributed by atoms with Crippen LogP contribution in [0.4, 0.5) is 0 Å². The number of unbranched alkanes of at least 4 members (excludes halogenated alkanes) is 58. The average Bonchev–Trinajstić information content (AvgIpc) is 3.11. The number of aliphatic carboxylic acids is 1. The number of quaternary nitrogens is 1. The maximum Gasteiger partial charge on any atom is 0.361 e. The fourth-order valence-electron chi connectivity index (χ4n) is 13.1. The Bertz CT molecular complexity index is 1730. The second-order valence-corrected chi connectivity index (χ2v) is 30.5. The van der Waals surface area contributed by atoms with Gasteiger partial charge in [0.15, 0.2) is 6.10 Å². The first-order chi connectivity index (χ1) is 47.6. The molecule has 0 bridgehead atoms. The summed E-state index contributed by atoms with van der Waals surface area (Å²) in [5, 5.41) is 9.79. The minimum atomic E-state index is -1.51. The summed E-state index contributed by atoms with van der Waals surface area (Å²) in [7, 11) is 6.00. The maximum absolute atomic E-state index is 13.0. The van der Waals surface area contributed by atoms with E-state index in [9.17, 15) is 19.5 Å². The lowest BCUT2D eigenvalue weighted by molar-refractivity contribution is -0.870. The van der Waals surface area contributed by atoms with Crippen molar-refractivity contribution in [3.8, 4) is 0 Å². The predicted molar refractivity (Wildman–Crippen MR) is 420 cm³/mol. The zero-order valence-corrected chi connectivity index (χ0v) is 65.5. The molecule has 2 atom stereocenters. The number of allylic oxidation sites excluding steroid dienone is 8. The normalized spacial score (nSPS) is 12.8. The summed E-state index contributed by atoms with van der Waals surface area (Å²) in [6, 6.07) is 0. The molecule has 0 radical (unpaired) electrons. The van der Waals surface area contributed by atoms with Crippen LogP contribution in [0.25, 0.3) is 0 Å². The zero-order chi connectivity index (χ0) is 70.4. The van der Waals surface area contributed by atoms with Crippen molar-refractivity contribution in [2.75, 3.05) is 47.5 Å². The molecule has 0 aliphatic heterocycles. The number of nitrogens with zero attached hydrogens (tertiary/aromatic N) is 1. The van der Waals surface area contributed by atoms with Crippen LogP contribution >= 0.6 is 0 Å². The van der Waals surface area contributed by atoms with Gasteiger partial charge in [0, 0.05) is 12.8 Å². The molecule has 0 heterocycles. The third-order valence-electron chi connectivity index (χ3n) is 19.6. The van der Waals surface area contributed by atoms with Crippen LogP contribution in [-0.2, 0) is 33.3 Å². The van der Waals surface area contributed by atoms with E-state index in [1.807, 2.05) is 21.1 Å². The van der Waals surface area contributed by atoms with Gasteiger partial charge >= 0.3 is 17.9 Å². The van der Waals surface area contributed by atoms with Crippen molar-refractivity contribution in [3.05, 3.63) is 48.6 Å². The number of carbonyl (C=O) groups excluding carboxylic acids is 2. The number of carbonyl (C=O) groups is 3. The first-order valence-electron chi connectivity index (χ1n) is 42.8. The standard InChI is InChI=1S/C88H165NO8/c1-6-8-10-12-14-16-18-20-22-24-26-28-30-32-34-36-38-40-42-43-45-47-49-51-53-55-57-59-61-63-65-67-69-71-73-75-77-79-86(91)97-84(83-96-88(87(92)93)94-81-80-89(3,4)5)82-95-85(90)78-76-74-72-70-68-66-64-62-60-58-56-54-52-50-48-46-44-41-39-37-35-33-31-29-27-25-23-21-19-17-15-13-11-9-7-2/h8,10,14,16,20,22,26,28,84,88H,6-7,9,11-13,15,17-19,21,23-25,27,29-83H2,1-5H3/p+1/b10-8-,16-14-,22-20-,28-26-. The van der Waals surface area contributed by atoms with Crippen molar-refractivity contribution in [3.63, 3.8) is 0 Å². The number of carboxylic acids is 1. The molecule has 0 aromatic rings. The summed E-state index contributed by atoms with van der Waals surface area (Å²) in [6.07, 6.45) is 102. The smallest absolute Gasteiger partial charge is 0.361 e. The average molecular weight is 1370 g/mol. The van der Waals surface area contributed by atoms with Gasteiger partial charge in [-0.15, -0.1) is 0 Å². The lowest BCUT2D eigenvalue weighted by atomic mass is 10.0. The summed E-state index contributed by atoms with van der Waals surface area (Å²) in [4.78, 5) is 37.8. The molecule has 9 heteroatoms. The molecular weight excluding hydrogens is 1200 g/mol.